The SMILES string of the molecule is CC(C)N1CCCC1C1(N)CCCCC1. The van der Waals surface area contributed by atoms with Crippen molar-refractivity contribution in [1.82, 2.24) is 4.90 Å². The Morgan fingerprint density at radius 1 is 1.13 bits per heavy atom. The average molecular weight is 210 g/mol. The van der Waals surface area contributed by atoms with Gasteiger partial charge in [-0.25, -0.2) is 0 Å². The molecule has 15 heavy (non-hydrogen) atoms. The van der Waals surface area contributed by atoms with Crippen LogP contribution in [0.5, 0.6) is 0 Å². The lowest BCUT2D eigenvalue weighted by Crippen LogP contribution is -2.58. The molecule has 1 saturated heterocycles. The molecule has 2 heteroatoms. The van der Waals surface area contributed by atoms with Gasteiger partial charge >= 0.3 is 0 Å². The number of nitrogens with two attached hydrogens (primary N) is 1. The predicted molar refractivity (Wildman–Crippen MR) is 64.9 cm³/mol. The van der Waals surface area contributed by atoms with Gasteiger partial charge in [-0.05, 0) is 46.1 Å². The van der Waals surface area contributed by atoms with Crippen LogP contribution in [0, 0.1) is 0 Å². The molecule has 1 aliphatic heterocycles. The predicted octanol–water partition coefficient (Wildman–Crippen LogP) is 2.52. The van der Waals surface area contributed by atoms with E-state index in [-0.39, 0.29) is 5.54 Å². The normalized spacial score (nSPS) is 32.4. The molecule has 0 amide bonds. The van der Waals surface area contributed by atoms with Crippen LogP contribution in [0.4, 0.5) is 0 Å². The maximum Gasteiger partial charge on any atom is 0.0312 e. The molecular weight excluding hydrogens is 184 g/mol. The van der Waals surface area contributed by atoms with Crippen LogP contribution in [-0.4, -0.2) is 29.1 Å². The molecule has 2 fully saturated rings. The lowest BCUT2D eigenvalue weighted by molar-refractivity contribution is 0.103. The van der Waals surface area contributed by atoms with E-state index in [4.69, 9.17) is 5.73 Å². The summed E-state index contributed by atoms with van der Waals surface area (Å²) in [5, 5.41) is 0. The summed E-state index contributed by atoms with van der Waals surface area (Å²) in [7, 11) is 0. The molecule has 1 unspecified atom stereocenters. The van der Waals surface area contributed by atoms with Gasteiger partial charge < -0.3 is 5.73 Å². The van der Waals surface area contributed by atoms with Crippen LogP contribution < -0.4 is 5.73 Å². The highest BCUT2D eigenvalue weighted by Crippen LogP contribution is 2.36. The van der Waals surface area contributed by atoms with Crippen LogP contribution in [0.25, 0.3) is 0 Å². The molecule has 0 aromatic rings. The number of likely N-dealkylation sites (tertiary alicyclic amines) is 1. The maximum atomic E-state index is 6.65. The highest BCUT2D eigenvalue weighted by molar-refractivity contribution is 5.02. The summed E-state index contributed by atoms with van der Waals surface area (Å²) in [4.78, 5) is 2.64. The van der Waals surface area contributed by atoms with Crippen LogP contribution in [0.1, 0.15) is 58.8 Å². The largest absolute Gasteiger partial charge is 0.324 e. The fraction of sp³-hybridized carbons (Fsp3) is 1.00. The molecule has 0 radical (unpaired) electrons. The Kier molecular flexibility index (Phi) is 3.36. The van der Waals surface area contributed by atoms with Crippen molar-refractivity contribution in [2.75, 3.05) is 6.54 Å². The van der Waals surface area contributed by atoms with E-state index < -0.39 is 0 Å². The molecule has 88 valence electrons. The minimum atomic E-state index is 0.138. The zero-order valence-corrected chi connectivity index (χ0v) is 10.3. The summed E-state index contributed by atoms with van der Waals surface area (Å²) >= 11 is 0. The molecule has 0 aromatic carbocycles. The third-order valence-electron chi connectivity index (χ3n) is 4.41. The summed E-state index contributed by atoms with van der Waals surface area (Å²) < 4.78 is 0. The van der Waals surface area contributed by atoms with Crippen molar-refractivity contribution in [2.45, 2.75) is 76.4 Å². The molecule has 2 nitrogen and oxygen atoms in total. The van der Waals surface area contributed by atoms with Gasteiger partial charge in [0.25, 0.3) is 0 Å². The Morgan fingerprint density at radius 3 is 2.40 bits per heavy atom. The van der Waals surface area contributed by atoms with Crippen molar-refractivity contribution in [3.8, 4) is 0 Å². The van der Waals surface area contributed by atoms with E-state index in [0.717, 1.165) is 0 Å². The standard InChI is InChI=1S/C13H26N2/c1-11(2)15-10-6-7-12(15)13(14)8-4-3-5-9-13/h11-12H,3-10,14H2,1-2H3. The van der Waals surface area contributed by atoms with Crippen molar-refractivity contribution < 1.29 is 0 Å². The Balaban J connectivity index is 2.07. The van der Waals surface area contributed by atoms with E-state index in [1.165, 1.54) is 51.5 Å². The van der Waals surface area contributed by atoms with E-state index in [2.05, 4.69) is 18.7 Å². The van der Waals surface area contributed by atoms with Crippen LogP contribution in [0.3, 0.4) is 0 Å². The van der Waals surface area contributed by atoms with Crippen LogP contribution in [-0.2, 0) is 0 Å². The van der Waals surface area contributed by atoms with Gasteiger partial charge in [0.2, 0.25) is 0 Å². The third-order valence-corrected chi connectivity index (χ3v) is 4.41. The molecule has 1 aliphatic carbocycles. The van der Waals surface area contributed by atoms with Gasteiger partial charge in [0.05, 0.1) is 0 Å². The van der Waals surface area contributed by atoms with E-state index in [1.807, 2.05) is 0 Å². The Bertz CT molecular complexity index is 207. The number of rotatable bonds is 2. The van der Waals surface area contributed by atoms with E-state index in [1.54, 1.807) is 0 Å². The smallest absolute Gasteiger partial charge is 0.0312 e. The third kappa shape index (κ3) is 2.21. The number of hydrogen-bond acceptors (Lipinski definition) is 2. The highest BCUT2D eigenvalue weighted by Gasteiger charge is 2.42. The van der Waals surface area contributed by atoms with Gasteiger partial charge in [0.1, 0.15) is 0 Å². The lowest BCUT2D eigenvalue weighted by atomic mass is 9.76. The maximum absolute atomic E-state index is 6.65. The van der Waals surface area contributed by atoms with Crippen LogP contribution in [0.15, 0.2) is 0 Å². The summed E-state index contributed by atoms with van der Waals surface area (Å²) in [6, 6.07) is 1.33. The second-order valence-electron chi connectivity index (χ2n) is 5.78. The fourth-order valence-electron chi connectivity index (χ4n) is 3.57. The Hall–Kier alpha value is -0.0800. The Morgan fingerprint density at radius 2 is 1.80 bits per heavy atom. The van der Waals surface area contributed by atoms with E-state index in [0.29, 0.717) is 12.1 Å². The summed E-state index contributed by atoms with van der Waals surface area (Å²) in [6.07, 6.45) is 9.27. The summed E-state index contributed by atoms with van der Waals surface area (Å²) in [6.45, 7) is 5.89. The first-order valence-electron chi connectivity index (χ1n) is 6.68. The van der Waals surface area contributed by atoms with Gasteiger partial charge in [-0.2, -0.15) is 0 Å². The zero-order valence-electron chi connectivity index (χ0n) is 10.3. The molecule has 1 heterocycles. The van der Waals surface area contributed by atoms with Crippen molar-refractivity contribution in [2.24, 2.45) is 5.73 Å². The van der Waals surface area contributed by atoms with Gasteiger partial charge in [0, 0.05) is 17.6 Å². The Labute approximate surface area is 94.2 Å². The molecule has 1 saturated carbocycles. The van der Waals surface area contributed by atoms with Crippen LogP contribution in [0.2, 0.25) is 0 Å². The average Bonchev–Trinajstić information content (AvgIpc) is 2.67. The number of nitrogens with zero attached hydrogens (tertiary/aromatic N) is 1. The quantitative estimate of drug-likeness (QED) is 0.759. The fourth-order valence-corrected chi connectivity index (χ4v) is 3.57. The molecule has 2 rings (SSSR count). The first-order valence-corrected chi connectivity index (χ1v) is 6.68. The lowest BCUT2D eigenvalue weighted by Gasteiger charge is -2.44. The van der Waals surface area contributed by atoms with Crippen molar-refractivity contribution in [3.05, 3.63) is 0 Å². The monoisotopic (exact) mass is 210 g/mol. The van der Waals surface area contributed by atoms with Gasteiger partial charge in [-0.1, -0.05) is 19.3 Å². The van der Waals surface area contributed by atoms with Crippen molar-refractivity contribution >= 4 is 0 Å². The van der Waals surface area contributed by atoms with Crippen molar-refractivity contribution in [3.63, 3.8) is 0 Å². The van der Waals surface area contributed by atoms with Crippen LogP contribution >= 0.6 is 0 Å². The molecular formula is C13H26N2. The molecule has 0 aromatic heterocycles. The highest BCUT2D eigenvalue weighted by atomic mass is 15.2. The second-order valence-corrected chi connectivity index (χ2v) is 5.78. The zero-order chi connectivity index (χ0) is 10.9. The number of hydrogen-bond donors (Lipinski definition) is 1. The first-order chi connectivity index (χ1) is 7.13. The summed E-state index contributed by atoms with van der Waals surface area (Å²) in [5.74, 6) is 0. The minimum Gasteiger partial charge on any atom is -0.324 e. The van der Waals surface area contributed by atoms with Gasteiger partial charge in [0.15, 0.2) is 0 Å². The van der Waals surface area contributed by atoms with E-state index in [9.17, 15) is 0 Å². The van der Waals surface area contributed by atoms with Gasteiger partial charge in [-0.15, -0.1) is 0 Å². The van der Waals surface area contributed by atoms with Crippen molar-refractivity contribution in [1.29, 1.82) is 0 Å². The topological polar surface area (TPSA) is 29.3 Å². The summed E-state index contributed by atoms with van der Waals surface area (Å²) in [5.41, 5.74) is 6.79. The minimum absolute atomic E-state index is 0.138. The second kappa shape index (κ2) is 4.42. The molecule has 2 aliphatic rings. The molecule has 0 spiro atoms. The molecule has 1 atom stereocenters. The van der Waals surface area contributed by atoms with Gasteiger partial charge in [-0.3, -0.25) is 4.90 Å². The van der Waals surface area contributed by atoms with E-state index >= 15 is 0 Å². The molecule has 2 N–H and O–H groups in total. The molecule has 0 bridgehead atoms. The first kappa shape index (κ1) is 11.4.